The van der Waals surface area contributed by atoms with Gasteiger partial charge in [0.2, 0.25) is 0 Å². The molecule has 0 spiro atoms. The van der Waals surface area contributed by atoms with Gasteiger partial charge in [-0.3, -0.25) is 15.2 Å². The summed E-state index contributed by atoms with van der Waals surface area (Å²) in [5.74, 6) is 2.99. The molecular formula is C99H195N3O11S. The van der Waals surface area contributed by atoms with Crippen molar-refractivity contribution in [3.63, 3.8) is 0 Å². The molecule has 14 nitrogen and oxygen atoms in total. The molecule has 15 heteroatoms. The quantitative estimate of drug-likeness (QED) is 0.0245. The van der Waals surface area contributed by atoms with Gasteiger partial charge in [0, 0.05) is 87.1 Å². The third kappa shape index (κ3) is 219. The smallest absolute Gasteiger partial charge is 0.159 e. The number of carbonyl (C=O) groups excluding carboxylic acids is 6. The van der Waals surface area contributed by atoms with E-state index >= 15 is 0 Å². The zero-order chi connectivity index (χ0) is 92.2. The Bertz CT molecular complexity index is 2430. The monoisotopic (exact) mass is 1630 g/mol. The number of amidine groups is 1. The van der Waals surface area contributed by atoms with Crippen LogP contribution in [-0.4, -0.2) is 91.1 Å². The fourth-order valence-electron chi connectivity index (χ4n) is 6.17. The Morgan fingerprint density at radius 1 is 0.447 bits per heavy atom. The zero-order valence-corrected chi connectivity index (χ0v) is 82.9. The number of ether oxygens (including phenoxy) is 2. The molecule has 0 fully saturated rings. The Kier molecular flexibility index (Phi) is 164. The number of Topliss-reactive ketones (excluding diaryl/α,β-unsaturated/α-hetero) is 6. The highest BCUT2D eigenvalue weighted by atomic mass is 32.2. The number of nitrogens with two attached hydrogens (primary N) is 1. The third-order valence-corrected chi connectivity index (χ3v) is 13.6. The van der Waals surface area contributed by atoms with Gasteiger partial charge in [-0.1, -0.05) is 347 Å². The normalized spacial score (nSPS) is 9.42. The lowest BCUT2D eigenvalue weighted by Crippen LogP contribution is -2.08. The molecule has 4 rings (SSSR count). The number of allylic oxidation sites excluding steroid dienone is 2. The molecule has 0 radical (unpaired) electrons. The maximum atomic E-state index is 10.8. The third-order valence-electron chi connectivity index (χ3n) is 12.5. The highest BCUT2D eigenvalue weighted by molar-refractivity contribution is 7.90. The number of hydrogen-bond acceptors (Lipinski definition) is 13. The van der Waals surface area contributed by atoms with Gasteiger partial charge in [-0.05, 0) is 144 Å². The second-order valence-electron chi connectivity index (χ2n) is 27.9. The molecule has 114 heavy (non-hydrogen) atoms. The zero-order valence-electron chi connectivity index (χ0n) is 82.1. The van der Waals surface area contributed by atoms with E-state index in [1.807, 2.05) is 136 Å². The lowest BCUT2D eigenvalue weighted by atomic mass is 10.1. The topological polar surface area (TPSA) is 237 Å². The van der Waals surface area contributed by atoms with Gasteiger partial charge in [0.15, 0.2) is 5.78 Å². The van der Waals surface area contributed by atoms with Crippen molar-refractivity contribution in [2.45, 2.75) is 448 Å². The summed E-state index contributed by atoms with van der Waals surface area (Å²) in [5, 5.41) is 14.9. The maximum absolute atomic E-state index is 10.8. The Morgan fingerprint density at radius 2 is 0.781 bits per heavy atom. The minimum Gasteiger partial charge on any atom is -0.394 e. The molecule has 0 saturated carbocycles. The lowest BCUT2D eigenvalue weighted by molar-refractivity contribution is -0.117. The van der Waals surface area contributed by atoms with E-state index < -0.39 is 9.84 Å². The highest BCUT2D eigenvalue weighted by Gasteiger charge is 1.98. The summed E-state index contributed by atoms with van der Waals surface area (Å²) in [6.45, 7) is 71.6. The number of aliphatic hydroxyl groups excluding tert-OH is 1. The van der Waals surface area contributed by atoms with E-state index in [-0.39, 0.29) is 35.0 Å². The van der Waals surface area contributed by atoms with Crippen LogP contribution in [0.15, 0.2) is 102 Å². The van der Waals surface area contributed by atoms with Gasteiger partial charge < -0.3 is 44.3 Å². The summed E-state index contributed by atoms with van der Waals surface area (Å²) in [6, 6.07) is 28.1. The van der Waals surface area contributed by atoms with Crippen molar-refractivity contribution in [1.82, 2.24) is 0 Å². The van der Waals surface area contributed by atoms with E-state index in [0.717, 1.165) is 115 Å². The molecule has 0 bridgehead atoms. The fourth-order valence-corrected chi connectivity index (χ4v) is 6.91. The number of aliphatic imine (C=N–C) groups is 1. The average Bonchev–Trinajstić information content (AvgIpc) is 1.01. The number of aliphatic hydroxyl groups is 1. The molecule has 1 heterocycles. The number of ketones is 6. The van der Waals surface area contributed by atoms with E-state index in [4.69, 9.17) is 25.7 Å². The number of nitrogens with one attached hydrogen (secondary N) is 1. The predicted molar refractivity (Wildman–Crippen MR) is 512 cm³/mol. The summed E-state index contributed by atoms with van der Waals surface area (Å²) in [7, 11) is -2.67. The molecular weight excluding hydrogens is 1440 g/mol. The van der Waals surface area contributed by atoms with Gasteiger partial charge in [0.1, 0.15) is 38.8 Å². The van der Waals surface area contributed by atoms with Crippen molar-refractivity contribution >= 4 is 56.6 Å². The molecule has 1 aliphatic heterocycles. The van der Waals surface area contributed by atoms with Crippen LogP contribution in [0.3, 0.4) is 0 Å². The fraction of sp³-hybridized carbons (Fsp3) is 0.717. The van der Waals surface area contributed by atoms with Crippen LogP contribution in [0.5, 0.6) is 0 Å². The van der Waals surface area contributed by atoms with E-state index in [0.29, 0.717) is 36.3 Å². The highest BCUT2D eigenvalue weighted by Crippen LogP contribution is 2.08. The number of unbranched alkanes of at least 4 members (excludes halogenated alkanes) is 9. The number of carbonyl (C=O) groups is 6. The Balaban J connectivity index is -0.0000000708. The molecule has 0 aromatic heterocycles. The first kappa shape index (κ1) is 143. The maximum Gasteiger partial charge on any atom is 0.159 e. The Hall–Kier alpha value is -5.61. The predicted octanol–water partition coefficient (Wildman–Crippen LogP) is 30.0. The number of hydrogen-bond donors (Lipinski definition) is 3. The number of rotatable bonds is 30. The first-order valence-electron chi connectivity index (χ1n) is 44.4. The molecule has 0 aliphatic carbocycles. The number of benzene rings is 3. The summed E-state index contributed by atoms with van der Waals surface area (Å²) in [5.41, 5.74) is 10.9. The van der Waals surface area contributed by atoms with Crippen LogP contribution >= 0.6 is 0 Å². The first-order valence-corrected chi connectivity index (χ1v) is 46.4. The van der Waals surface area contributed by atoms with Crippen LogP contribution in [0.2, 0.25) is 0 Å². The van der Waals surface area contributed by atoms with Crippen molar-refractivity contribution in [3.05, 3.63) is 119 Å². The van der Waals surface area contributed by atoms with E-state index in [9.17, 15) is 37.2 Å². The minimum atomic E-state index is -2.67. The van der Waals surface area contributed by atoms with Crippen LogP contribution in [0, 0.1) is 11.3 Å². The van der Waals surface area contributed by atoms with E-state index in [2.05, 4.69) is 153 Å². The van der Waals surface area contributed by atoms with Gasteiger partial charge >= 0.3 is 0 Å². The second-order valence-corrected chi connectivity index (χ2v) is 30.2. The molecule has 3 aromatic carbocycles. The van der Waals surface area contributed by atoms with Gasteiger partial charge in [-0.2, -0.15) is 0 Å². The molecule has 678 valence electrons. The van der Waals surface area contributed by atoms with E-state index in [1.54, 1.807) is 55.4 Å². The van der Waals surface area contributed by atoms with Crippen LogP contribution in [-0.2, 0) is 62.9 Å². The molecule has 3 aromatic rings. The molecule has 0 atom stereocenters. The van der Waals surface area contributed by atoms with Gasteiger partial charge in [0.25, 0.3) is 0 Å². The Labute approximate surface area is 711 Å². The van der Waals surface area contributed by atoms with Crippen LogP contribution < -0.4 is 5.73 Å². The summed E-state index contributed by atoms with van der Waals surface area (Å²) < 4.78 is 31.1. The van der Waals surface area contributed by atoms with Gasteiger partial charge in [-0.15, -0.1) is 0 Å². The largest absolute Gasteiger partial charge is 0.394 e. The van der Waals surface area contributed by atoms with Gasteiger partial charge in [0.05, 0.1) is 25.2 Å². The van der Waals surface area contributed by atoms with Crippen molar-refractivity contribution < 1.29 is 51.8 Å². The first-order chi connectivity index (χ1) is 53.6. The van der Waals surface area contributed by atoms with Crippen molar-refractivity contribution in [3.8, 4) is 0 Å². The molecule has 0 saturated heterocycles. The van der Waals surface area contributed by atoms with Crippen molar-refractivity contribution in [2.24, 2.45) is 16.6 Å². The average molecular weight is 1640 g/mol. The Morgan fingerprint density at radius 3 is 0.956 bits per heavy atom. The molecule has 1 aliphatic rings. The van der Waals surface area contributed by atoms with E-state index in [1.165, 1.54) is 112 Å². The summed E-state index contributed by atoms with van der Waals surface area (Å²) in [6.07, 6.45) is 36.1. The van der Waals surface area contributed by atoms with Crippen molar-refractivity contribution in [2.75, 3.05) is 18.6 Å². The SMILES string of the molecule is CC.CC(C)C.CC(C)O.CC(C)OCc1ccccc1.CCC.CCC.CCC(C)=O.CCC(C)=O.CCC1=CCC=N1.CCCC.CCCC(C)=O.CCCC(C)=O.CCCCC.CCCCC(C)=O.CCCCCC.CCCCCC(=N)N.CCCS(C)(=O)=O.CCOCc1ccccc1.CCc1ccc(C(C)=O)cc1. The number of sulfone groups is 1. The number of aryl methyl sites for hydroxylation is 1. The minimum absolute atomic E-state index is 0.132. The lowest BCUT2D eigenvalue weighted by Gasteiger charge is -2.06. The molecule has 4 N–H and O–H groups in total. The molecule has 0 amide bonds. The van der Waals surface area contributed by atoms with Crippen LogP contribution in [0.4, 0.5) is 0 Å². The number of nitrogens with zero attached hydrogens (tertiary/aromatic N) is 1. The van der Waals surface area contributed by atoms with Gasteiger partial charge in [-0.25, -0.2) is 8.42 Å². The molecule has 0 unspecified atom stereocenters. The van der Waals surface area contributed by atoms with Crippen molar-refractivity contribution in [1.29, 1.82) is 5.41 Å². The van der Waals surface area contributed by atoms with Crippen LogP contribution in [0.1, 0.15) is 443 Å². The summed E-state index contributed by atoms with van der Waals surface area (Å²) in [4.78, 5) is 64.9. The summed E-state index contributed by atoms with van der Waals surface area (Å²) >= 11 is 0. The van der Waals surface area contributed by atoms with Crippen LogP contribution in [0.25, 0.3) is 0 Å². The standard InChI is InChI=1S/C10H14O.C10H12O.C9H12O.C6H14N2.C6H9N.C6H12O.C6H14.2C5H10O.C5H12.C4H10O2S.2C4H8O.2C4H10.C3H8O.2C3H8.C2H6/c1-9(2)11-8-10-6-4-3-5-7-10;1-3-9-4-6-10(7-5-9)8(2)11;1-2-10-8-9-6-4-3-5-7-9;1-2-3-4-5-6(7)8;1-2-6-4-3-5-7-6;1-3-4-5-6(2)7;1-3-5-6-4-2;2*1-3-4-5(2)6;1-3-5-4-2;1-3-4-7(2,5)6;2*1-3-4(2)5;1-4(2)3;1-3-4-2;1-3(2)4;2*1-3-2;1-2/h3-7,9H,8H2,1-2H3;4-7H,3H2,1-2H3;3-7H,2,8H2,1H3;2-5H2,1H3,(H3,7,8);4-5H,2-3H2,1H3;3-5H2,1-2H3;3-6H2,1-2H3;2*3-4H2,1-2H3;3-5H2,1-2H3;3-4H2,1-2H3;2*3H2,1-2H3;4H,1-3H3;3-4H2,1-2H3;3-4H,1-2H3;2*3H2,1-2H3;1-2H3. The second kappa shape index (κ2) is 131.